The number of benzene rings is 1. The summed E-state index contributed by atoms with van der Waals surface area (Å²) in [6.07, 6.45) is 0.729. The largest absolute Gasteiger partial charge is 0.368 e. The first kappa shape index (κ1) is 17.9. The SMILES string of the molecule is O=C(N=C1S[C@H]2CS(=O)(=O)C[C@H]2N1c1ccc(F)cc1F)[C@@H]1CCCO1. The van der Waals surface area contributed by atoms with Gasteiger partial charge in [0.2, 0.25) is 0 Å². The van der Waals surface area contributed by atoms with Gasteiger partial charge >= 0.3 is 0 Å². The van der Waals surface area contributed by atoms with Crippen LogP contribution in [-0.4, -0.2) is 55.0 Å². The van der Waals surface area contributed by atoms with E-state index in [1.807, 2.05) is 0 Å². The molecule has 0 saturated carbocycles. The molecule has 0 aromatic heterocycles. The Morgan fingerprint density at radius 2 is 2.12 bits per heavy atom. The maximum absolute atomic E-state index is 14.4. The van der Waals surface area contributed by atoms with Crippen molar-refractivity contribution in [1.82, 2.24) is 0 Å². The van der Waals surface area contributed by atoms with Gasteiger partial charge in [0.15, 0.2) is 15.0 Å². The lowest BCUT2D eigenvalue weighted by atomic mass is 10.2. The second kappa shape index (κ2) is 6.58. The number of nitrogens with zero attached hydrogens (tertiary/aromatic N) is 2. The Balaban J connectivity index is 1.72. The van der Waals surface area contributed by atoms with Gasteiger partial charge < -0.3 is 9.64 Å². The lowest BCUT2D eigenvalue weighted by Gasteiger charge is -2.25. The van der Waals surface area contributed by atoms with E-state index in [0.717, 1.165) is 30.3 Å². The highest BCUT2D eigenvalue weighted by atomic mass is 32.2. The number of thioether (sulfide) groups is 1. The maximum Gasteiger partial charge on any atom is 0.277 e. The molecule has 0 unspecified atom stereocenters. The number of anilines is 1. The van der Waals surface area contributed by atoms with E-state index in [0.29, 0.717) is 13.0 Å². The zero-order chi connectivity index (χ0) is 18.5. The minimum Gasteiger partial charge on any atom is -0.368 e. The Kier molecular flexibility index (Phi) is 4.52. The highest BCUT2D eigenvalue weighted by Gasteiger charge is 2.50. The topological polar surface area (TPSA) is 76.0 Å². The van der Waals surface area contributed by atoms with Crippen LogP contribution in [0.2, 0.25) is 0 Å². The van der Waals surface area contributed by atoms with E-state index in [9.17, 15) is 22.0 Å². The number of carbonyl (C=O) groups is 1. The number of halogens is 2. The molecule has 1 amide bonds. The molecule has 26 heavy (non-hydrogen) atoms. The first-order chi connectivity index (χ1) is 12.3. The molecule has 3 saturated heterocycles. The van der Waals surface area contributed by atoms with Gasteiger partial charge in [-0.25, -0.2) is 17.2 Å². The highest BCUT2D eigenvalue weighted by molar-refractivity contribution is 8.16. The lowest BCUT2D eigenvalue weighted by Crippen LogP contribution is -2.38. The molecule has 1 aromatic rings. The minimum atomic E-state index is -3.26. The summed E-state index contributed by atoms with van der Waals surface area (Å²) in [6, 6.07) is 2.53. The van der Waals surface area contributed by atoms with Crippen molar-refractivity contribution in [1.29, 1.82) is 0 Å². The van der Waals surface area contributed by atoms with Gasteiger partial charge in [0, 0.05) is 17.9 Å². The zero-order valence-corrected chi connectivity index (χ0v) is 15.2. The van der Waals surface area contributed by atoms with Gasteiger partial charge in [0.1, 0.15) is 17.7 Å². The van der Waals surface area contributed by atoms with Crippen LogP contribution in [0.3, 0.4) is 0 Å². The van der Waals surface area contributed by atoms with Crippen molar-refractivity contribution >= 4 is 38.4 Å². The molecule has 0 spiro atoms. The van der Waals surface area contributed by atoms with Crippen LogP contribution < -0.4 is 4.90 Å². The summed E-state index contributed by atoms with van der Waals surface area (Å²) in [4.78, 5) is 17.9. The van der Waals surface area contributed by atoms with Crippen LogP contribution in [0.1, 0.15) is 12.8 Å². The van der Waals surface area contributed by atoms with Crippen LogP contribution in [0.4, 0.5) is 14.5 Å². The number of sulfone groups is 1. The molecule has 3 fully saturated rings. The third kappa shape index (κ3) is 3.25. The van der Waals surface area contributed by atoms with Crippen LogP contribution in [0.5, 0.6) is 0 Å². The quantitative estimate of drug-likeness (QED) is 0.750. The van der Waals surface area contributed by atoms with Crippen LogP contribution in [0.15, 0.2) is 23.2 Å². The fraction of sp³-hybridized carbons (Fsp3) is 0.500. The van der Waals surface area contributed by atoms with Gasteiger partial charge in [-0.15, -0.1) is 0 Å². The van der Waals surface area contributed by atoms with Crippen LogP contribution in [0.25, 0.3) is 0 Å². The minimum absolute atomic E-state index is 0.0161. The van der Waals surface area contributed by atoms with Crippen molar-refractivity contribution in [2.45, 2.75) is 30.2 Å². The third-order valence-electron chi connectivity index (χ3n) is 4.65. The Bertz CT molecular complexity index is 884. The number of fused-ring (bicyclic) bond motifs is 1. The zero-order valence-electron chi connectivity index (χ0n) is 13.6. The van der Waals surface area contributed by atoms with Gasteiger partial charge in [-0.1, -0.05) is 11.8 Å². The smallest absolute Gasteiger partial charge is 0.277 e. The molecule has 1 aromatic carbocycles. The molecule has 3 aliphatic rings. The first-order valence-electron chi connectivity index (χ1n) is 8.19. The molecule has 3 heterocycles. The summed E-state index contributed by atoms with van der Waals surface area (Å²) in [5.41, 5.74) is 0.0161. The standard InChI is InChI=1S/C16H16F2N2O4S2/c17-9-3-4-11(10(18)6-9)20-12-7-26(22,23)8-14(12)25-16(20)19-15(21)13-2-1-5-24-13/h3-4,6,12-14H,1-2,5,7-8H2/t12-,13+,14+/m1/s1. The molecule has 140 valence electrons. The Morgan fingerprint density at radius 3 is 2.81 bits per heavy atom. The number of rotatable bonds is 2. The average Bonchev–Trinajstić information content (AvgIpc) is 3.23. The van der Waals surface area contributed by atoms with E-state index in [1.165, 1.54) is 11.0 Å². The van der Waals surface area contributed by atoms with E-state index < -0.39 is 39.5 Å². The van der Waals surface area contributed by atoms with Crippen molar-refractivity contribution in [2.24, 2.45) is 4.99 Å². The monoisotopic (exact) mass is 402 g/mol. The molecule has 3 atom stereocenters. The summed E-state index contributed by atoms with van der Waals surface area (Å²) in [7, 11) is -3.26. The molecule has 0 bridgehead atoms. The van der Waals surface area contributed by atoms with Gasteiger partial charge in [0.25, 0.3) is 5.91 Å². The van der Waals surface area contributed by atoms with Crippen molar-refractivity contribution in [2.75, 3.05) is 23.0 Å². The van der Waals surface area contributed by atoms with E-state index in [1.54, 1.807) is 0 Å². The number of amides is 1. The second-order valence-electron chi connectivity index (χ2n) is 6.50. The summed E-state index contributed by atoms with van der Waals surface area (Å²) in [5, 5.41) is -0.110. The van der Waals surface area contributed by atoms with E-state index >= 15 is 0 Å². The van der Waals surface area contributed by atoms with Gasteiger partial charge in [-0.05, 0) is 25.0 Å². The Morgan fingerprint density at radius 1 is 1.31 bits per heavy atom. The van der Waals surface area contributed by atoms with Gasteiger partial charge in [-0.2, -0.15) is 4.99 Å². The van der Waals surface area contributed by atoms with Gasteiger partial charge in [-0.3, -0.25) is 4.79 Å². The van der Waals surface area contributed by atoms with Crippen molar-refractivity contribution in [3.05, 3.63) is 29.8 Å². The molecule has 0 radical (unpaired) electrons. The van der Waals surface area contributed by atoms with Gasteiger partial charge in [0.05, 0.1) is 23.2 Å². The number of hydrogen-bond acceptors (Lipinski definition) is 5. The number of carbonyl (C=O) groups excluding carboxylic acids is 1. The van der Waals surface area contributed by atoms with Crippen LogP contribution >= 0.6 is 11.8 Å². The third-order valence-corrected chi connectivity index (χ3v) is 7.86. The van der Waals surface area contributed by atoms with Crippen LogP contribution in [-0.2, 0) is 19.4 Å². The highest BCUT2D eigenvalue weighted by Crippen LogP contribution is 2.42. The fourth-order valence-corrected chi connectivity index (χ4v) is 7.37. The Hall–Kier alpha value is -1.52. The molecule has 4 rings (SSSR count). The normalized spacial score (nSPS) is 31.5. The second-order valence-corrected chi connectivity index (χ2v) is 9.86. The van der Waals surface area contributed by atoms with E-state index in [4.69, 9.17) is 4.74 Å². The Labute approximate surface area is 153 Å². The average molecular weight is 402 g/mol. The molecule has 6 nitrogen and oxygen atoms in total. The van der Waals surface area contributed by atoms with Crippen LogP contribution in [0, 0.1) is 11.6 Å². The number of hydrogen-bond donors (Lipinski definition) is 0. The predicted molar refractivity (Wildman–Crippen MR) is 94.1 cm³/mol. The van der Waals surface area contributed by atoms with E-state index in [2.05, 4.69) is 4.99 Å². The lowest BCUT2D eigenvalue weighted by molar-refractivity contribution is -0.126. The predicted octanol–water partition coefficient (Wildman–Crippen LogP) is 1.75. The first-order valence-corrected chi connectivity index (χ1v) is 10.9. The molecule has 0 aliphatic carbocycles. The summed E-state index contributed by atoms with van der Waals surface area (Å²) < 4.78 is 56.9. The fourth-order valence-electron chi connectivity index (χ4n) is 3.46. The molecule has 10 heteroatoms. The molecule has 0 N–H and O–H groups in total. The molecular weight excluding hydrogens is 386 g/mol. The van der Waals surface area contributed by atoms with Crippen molar-refractivity contribution < 1.29 is 26.7 Å². The molecular formula is C16H16F2N2O4S2. The number of amidine groups is 1. The number of aliphatic imine (C=N–C) groups is 1. The van der Waals surface area contributed by atoms with Crippen molar-refractivity contribution in [3.8, 4) is 0 Å². The molecule has 3 aliphatic heterocycles. The van der Waals surface area contributed by atoms with Crippen molar-refractivity contribution in [3.63, 3.8) is 0 Å². The summed E-state index contributed by atoms with van der Waals surface area (Å²) in [5.74, 6) is -2.24. The summed E-state index contributed by atoms with van der Waals surface area (Å²) >= 11 is 1.15. The maximum atomic E-state index is 14.4. The van der Waals surface area contributed by atoms with E-state index in [-0.39, 0.29) is 27.6 Å². The number of ether oxygens (including phenoxy) is 1. The summed E-state index contributed by atoms with van der Waals surface area (Å²) in [6.45, 7) is 0.494.